The summed E-state index contributed by atoms with van der Waals surface area (Å²) in [6.45, 7) is 7.60. The second kappa shape index (κ2) is 11.5. The van der Waals surface area contributed by atoms with Gasteiger partial charge in [-0.2, -0.15) is 5.10 Å². The van der Waals surface area contributed by atoms with Crippen LogP contribution in [0, 0.1) is 5.92 Å². The van der Waals surface area contributed by atoms with Gasteiger partial charge in [0.2, 0.25) is 0 Å². The number of hydrogen-bond acceptors (Lipinski definition) is 6. The van der Waals surface area contributed by atoms with Crippen molar-refractivity contribution in [2.75, 3.05) is 31.5 Å². The van der Waals surface area contributed by atoms with Gasteiger partial charge in [-0.25, -0.2) is 9.78 Å². The average molecular weight is 519 g/mol. The number of carboxylic acid groups (broad SMARTS) is 1. The highest BCUT2D eigenvalue weighted by Gasteiger charge is 2.27. The van der Waals surface area contributed by atoms with E-state index in [-0.39, 0.29) is 11.9 Å². The van der Waals surface area contributed by atoms with Gasteiger partial charge in [0.1, 0.15) is 11.9 Å². The van der Waals surface area contributed by atoms with Crippen molar-refractivity contribution in [3.8, 4) is 0 Å². The summed E-state index contributed by atoms with van der Waals surface area (Å²) in [5.41, 5.74) is 3.63. The number of rotatable bonds is 10. The zero-order valence-corrected chi connectivity index (χ0v) is 22.3. The number of pyridine rings is 1. The minimum atomic E-state index is -1.01. The number of carboxylic acids is 1. The van der Waals surface area contributed by atoms with E-state index in [9.17, 15) is 14.7 Å². The summed E-state index contributed by atoms with van der Waals surface area (Å²) in [5, 5.41) is 21.2. The minimum Gasteiger partial charge on any atom is -0.480 e. The number of carbonyl (C=O) groups is 2. The predicted molar refractivity (Wildman–Crippen MR) is 148 cm³/mol. The summed E-state index contributed by atoms with van der Waals surface area (Å²) < 4.78 is 1.82. The lowest BCUT2D eigenvalue weighted by molar-refractivity contribution is -0.139. The maximum absolute atomic E-state index is 13.1. The van der Waals surface area contributed by atoms with Crippen LogP contribution in [0.15, 0.2) is 36.5 Å². The molecule has 2 aliphatic heterocycles. The first-order valence-electron chi connectivity index (χ1n) is 13.8. The Morgan fingerprint density at radius 2 is 2.11 bits per heavy atom. The van der Waals surface area contributed by atoms with Gasteiger partial charge in [-0.1, -0.05) is 12.1 Å². The summed E-state index contributed by atoms with van der Waals surface area (Å²) in [4.78, 5) is 32.2. The first-order chi connectivity index (χ1) is 18.4. The van der Waals surface area contributed by atoms with E-state index in [1.54, 1.807) is 12.1 Å². The lowest BCUT2D eigenvalue weighted by atomic mass is 10.00. The third kappa shape index (κ3) is 5.99. The van der Waals surface area contributed by atoms with Crippen molar-refractivity contribution in [1.82, 2.24) is 25.0 Å². The average Bonchev–Trinajstić information content (AvgIpc) is 3.56. The van der Waals surface area contributed by atoms with Crippen LogP contribution in [-0.4, -0.2) is 68.9 Å². The summed E-state index contributed by atoms with van der Waals surface area (Å²) in [7, 11) is 0. The molecule has 5 rings (SSSR count). The van der Waals surface area contributed by atoms with Crippen LogP contribution in [0.4, 0.5) is 5.82 Å². The van der Waals surface area contributed by atoms with Gasteiger partial charge in [0, 0.05) is 43.0 Å². The van der Waals surface area contributed by atoms with Gasteiger partial charge in [-0.3, -0.25) is 9.48 Å². The van der Waals surface area contributed by atoms with Crippen LogP contribution in [0.1, 0.15) is 67.2 Å². The highest BCUT2D eigenvalue weighted by molar-refractivity contribution is 6.07. The Hall–Kier alpha value is -3.46. The SMILES string of the molecule is CC(C)n1cc2c(C(=O)NC(CCN3CCC(CCc4ccc5c(n4)NCCC5)C3)C(=O)O)cccc2n1. The molecule has 4 heterocycles. The Bertz CT molecular complexity index is 1300. The third-order valence-electron chi connectivity index (χ3n) is 7.81. The summed E-state index contributed by atoms with van der Waals surface area (Å²) in [6, 6.07) is 8.97. The molecule has 2 unspecified atom stereocenters. The standard InChI is InChI=1S/C29H38N6O3/c1-19(2)35-18-24-23(6-3-7-25(24)33-35)28(36)32-26(29(37)38)13-16-34-15-12-20(17-34)8-10-22-11-9-21-5-4-14-30-27(21)31-22/h3,6-7,9,11,18-20,26H,4-5,8,10,12-17H2,1-2H3,(H,30,31)(H,32,36)(H,37,38). The number of aromatic nitrogens is 3. The molecule has 2 aliphatic rings. The molecule has 0 aliphatic carbocycles. The van der Waals surface area contributed by atoms with E-state index >= 15 is 0 Å². The highest BCUT2D eigenvalue weighted by Crippen LogP contribution is 2.25. The van der Waals surface area contributed by atoms with Crippen LogP contribution in [-0.2, 0) is 17.6 Å². The topological polar surface area (TPSA) is 112 Å². The number of nitrogens with one attached hydrogen (secondary N) is 2. The summed E-state index contributed by atoms with van der Waals surface area (Å²) >= 11 is 0. The first kappa shape index (κ1) is 26.2. The number of nitrogens with zero attached hydrogens (tertiary/aromatic N) is 4. The number of likely N-dealkylation sites (tertiary alicyclic amines) is 1. The molecule has 2 aromatic heterocycles. The van der Waals surface area contributed by atoms with E-state index in [1.165, 1.54) is 12.0 Å². The molecule has 38 heavy (non-hydrogen) atoms. The Labute approximate surface area is 223 Å². The van der Waals surface area contributed by atoms with Crippen molar-refractivity contribution in [2.45, 2.75) is 64.5 Å². The van der Waals surface area contributed by atoms with Crippen molar-refractivity contribution in [1.29, 1.82) is 0 Å². The number of fused-ring (bicyclic) bond motifs is 2. The molecule has 0 spiro atoms. The maximum Gasteiger partial charge on any atom is 0.326 e. The second-order valence-electron chi connectivity index (χ2n) is 10.9. The molecular formula is C29H38N6O3. The Morgan fingerprint density at radius 1 is 1.24 bits per heavy atom. The Kier molecular flexibility index (Phi) is 7.93. The molecule has 0 radical (unpaired) electrons. The molecule has 202 valence electrons. The quantitative estimate of drug-likeness (QED) is 0.373. The van der Waals surface area contributed by atoms with Gasteiger partial charge in [0.15, 0.2) is 0 Å². The van der Waals surface area contributed by atoms with Crippen molar-refractivity contribution in [3.63, 3.8) is 0 Å². The maximum atomic E-state index is 13.1. The molecule has 0 bridgehead atoms. The molecule has 3 aromatic rings. The predicted octanol–water partition coefficient (Wildman–Crippen LogP) is 3.90. The van der Waals surface area contributed by atoms with Crippen LogP contribution >= 0.6 is 0 Å². The van der Waals surface area contributed by atoms with Crippen molar-refractivity contribution >= 4 is 28.6 Å². The lowest BCUT2D eigenvalue weighted by Gasteiger charge is -2.20. The lowest BCUT2D eigenvalue weighted by Crippen LogP contribution is -2.43. The molecule has 3 N–H and O–H groups in total. The molecule has 0 saturated carbocycles. The molecule has 9 heteroatoms. The van der Waals surface area contributed by atoms with Gasteiger partial charge in [-0.15, -0.1) is 0 Å². The highest BCUT2D eigenvalue weighted by atomic mass is 16.4. The van der Waals surface area contributed by atoms with E-state index in [0.29, 0.717) is 24.4 Å². The zero-order valence-electron chi connectivity index (χ0n) is 22.3. The number of carbonyl (C=O) groups excluding carboxylic acids is 1. The van der Waals surface area contributed by atoms with E-state index in [1.807, 2.05) is 30.8 Å². The fraction of sp³-hybridized carbons (Fsp3) is 0.517. The monoisotopic (exact) mass is 518 g/mol. The number of benzene rings is 1. The van der Waals surface area contributed by atoms with Crippen molar-refractivity contribution in [3.05, 3.63) is 53.3 Å². The van der Waals surface area contributed by atoms with Gasteiger partial charge >= 0.3 is 5.97 Å². The molecule has 1 saturated heterocycles. The summed E-state index contributed by atoms with van der Waals surface area (Å²) in [6.07, 6.45) is 7.63. The summed E-state index contributed by atoms with van der Waals surface area (Å²) in [5.74, 6) is 0.242. The van der Waals surface area contributed by atoms with E-state index in [0.717, 1.165) is 67.7 Å². The second-order valence-corrected chi connectivity index (χ2v) is 10.9. The molecule has 1 fully saturated rings. The van der Waals surface area contributed by atoms with Gasteiger partial charge in [-0.05, 0) is 88.6 Å². The number of aryl methyl sites for hydroxylation is 2. The fourth-order valence-electron chi connectivity index (χ4n) is 5.54. The van der Waals surface area contributed by atoms with Crippen LogP contribution in [0.3, 0.4) is 0 Å². The molecule has 9 nitrogen and oxygen atoms in total. The van der Waals surface area contributed by atoms with E-state index < -0.39 is 12.0 Å². The Morgan fingerprint density at radius 3 is 2.92 bits per heavy atom. The number of hydrogen-bond donors (Lipinski definition) is 3. The fourth-order valence-corrected chi connectivity index (χ4v) is 5.54. The third-order valence-corrected chi connectivity index (χ3v) is 7.81. The van der Waals surface area contributed by atoms with Gasteiger partial charge in [0.25, 0.3) is 5.91 Å². The van der Waals surface area contributed by atoms with Crippen LogP contribution in [0.2, 0.25) is 0 Å². The number of anilines is 1. The van der Waals surface area contributed by atoms with E-state index in [2.05, 4.69) is 32.8 Å². The van der Waals surface area contributed by atoms with Crippen LogP contribution < -0.4 is 10.6 Å². The van der Waals surface area contributed by atoms with Crippen LogP contribution in [0.25, 0.3) is 10.9 Å². The molecule has 1 amide bonds. The van der Waals surface area contributed by atoms with Crippen molar-refractivity contribution < 1.29 is 14.7 Å². The number of amides is 1. The van der Waals surface area contributed by atoms with Gasteiger partial charge < -0.3 is 20.6 Å². The van der Waals surface area contributed by atoms with Gasteiger partial charge in [0.05, 0.1) is 11.1 Å². The minimum absolute atomic E-state index is 0.167. The smallest absolute Gasteiger partial charge is 0.326 e. The van der Waals surface area contributed by atoms with Crippen LogP contribution in [0.5, 0.6) is 0 Å². The molecular weight excluding hydrogens is 480 g/mol. The first-order valence-corrected chi connectivity index (χ1v) is 13.8. The normalized spacial score (nSPS) is 18.3. The largest absolute Gasteiger partial charge is 0.480 e. The number of aliphatic carboxylic acids is 1. The molecule has 1 aromatic carbocycles. The van der Waals surface area contributed by atoms with Crippen molar-refractivity contribution in [2.24, 2.45) is 5.92 Å². The van der Waals surface area contributed by atoms with E-state index in [4.69, 9.17) is 4.98 Å². The zero-order chi connectivity index (χ0) is 26.6. The molecule has 2 atom stereocenters. The Balaban J connectivity index is 1.12.